The van der Waals surface area contributed by atoms with Crippen LogP contribution >= 0.6 is 0 Å². The average molecular weight is 439 g/mol. The van der Waals surface area contributed by atoms with Gasteiger partial charge in [0, 0.05) is 11.3 Å². The van der Waals surface area contributed by atoms with Crippen LogP contribution in [0.3, 0.4) is 0 Å². The maximum Gasteiger partial charge on any atom is 0.261 e. The molecule has 0 aliphatic rings. The fourth-order valence-corrected chi connectivity index (χ4v) is 4.13. The van der Waals surface area contributed by atoms with E-state index in [2.05, 4.69) is 10.0 Å². The number of nitrogens with one attached hydrogen (secondary N) is 2. The molecule has 3 aromatic rings. The molecule has 0 unspecified atom stereocenters. The van der Waals surface area contributed by atoms with Gasteiger partial charge in [-0.3, -0.25) is 9.52 Å². The van der Waals surface area contributed by atoms with E-state index in [0.717, 1.165) is 17.5 Å². The van der Waals surface area contributed by atoms with Gasteiger partial charge in [-0.25, -0.2) is 8.42 Å². The van der Waals surface area contributed by atoms with Gasteiger partial charge in [0.1, 0.15) is 5.75 Å². The van der Waals surface area contributed by atoms with Crippen LogP contribution in [0.2, 0.25) is 0 Å². The summed E-state index contributed by atoms with van der Waals surface area (Å²) in [5.74, 6) is 0.333. The first kappa shape index (κ1) is 22.4. The largest absolute Gasteiger partial charge is 0.494 e. The summed E-state index contributed by atoms with van der Waals surface area (Å²) in [6.45, 7) is 6.40. The Morgan fingerprint density at radius 3 is 2.39 bits per heavy atom. The van der Waals surface area contributed by atoms with Crippen LogP contribution < -0.4 is 14.8 Å². The lowest BCUT2D eigenvalue weighted by atomic mass is 10.1. The molecule has 0 fully saturated rings. The number of hydrogen-bond donors (Lipinski definition) is 2. The van der Waals surface area contributed by atoms with Gasteiger partial charge in [0.05, 0.1) is 17.2 Å². The lowest BCUT2D eigenvalue weighted by Crippen LogP contribution is -2.15. The third kappa shape index (κ3) is 5.86. The first-order valence-electron chi connectivity index (χ1n) is 10.0. The number of aryl methyl sites for hydroxylation is 2. The molecule has 0 heterocycles. The molecule has 31 heavy (non-hydrogen) atoms. The minimum absolute atomic E-state index is 0.112. The minimum Gasteiger partial charge on any atom is -0.494 e. The van der Waals surface area contributed by atoms with Crippen LogP contribution in [0.15, 0.2) is 71.6 Å². The number of sulfonamides is 1. The van der Waals surface area contributed by atoms with Gasteiger partial charge in [-0.2, -0.15) is 0 Å². The molecule has 0 spiro atoms. The summed E-state index contributed by atoms with van der Waals surface area (Å²) in [6, 6.07) is 18.5. The van der Waals surface area contributed by atoms with Crippen molar-refractivity contribution in [2.75, 3.05) is 16.6 Å². The quantitative estimate of drug-likeness (QED) is 0.510. The number of carbonyl (C=O) groups is 1. The van der Waals surface area contributed by atoms with E-state index in [0.29, 0.717) is 29.3 Å². The SMILES string of the molecule is CCCOc1cccc(C(=O)Nc2ccc(S(=O)(=O)Nc3ccc(C)cc3C)cc2)c1. The molecule has 1 amide bonds. The number of hydrogen-bond acceptors (Lipinski definition) is 4. The van der Waals surface area contributed by atoms with Gasteiger partial charge in [0.15, 0.2) is 0 Å². The summed E-state index contributed by atoms with van der Waals surface area (Å²) >= 11 is 0. The Morgan fingerprint density at radius 1 is 0.968 bits per heavy atom. The van der Waals surface area contributed by atoms with Crippen LogP contribution in [-0.2, 0) is 10.0 Å². The number of benzene rings is 3. The number of anilines is 2. The molecule has 162 valence electrons. The van der Waals surface area contributed by atoms with Crippen LogP contribution in [0, 0.1) is 13.8 Å². The number of rotatable bonds is 8. The molecule has 0 radical (unpaired) electrons. The highest BCUT2D eigenvalue weighted by Gasteiger charge is 2.16. The first-order chi connectivity index (χ1) is 14.8. The smallest absolute Gasteiger partial charge is 0.261 e. The topological polar surface area (TPSA) is 84.5 Å². The van der Waals surface area contributed by atoms with Crippen molar-refractivity contribution < 1.29 is 17.9 Å². The van der Waals surface area contributed by atoms with Gasteiger partial charge in [0.25, 0.3) is 15.9 Å². The van der Waals surface area contributed by atoms with E-state index in [1.54, 1.807) is 42.5 Å². The molecule has 2 N–H and O–H groups in total. The molecule has 0 saturated carbocycles. The molecule has 0 bridgehead atoms. The van der Waals surface area contributed by atoms with Gasteiger partial charge >= 0.3 is 0 Å². The van der Waals surface area contributed by atoms with Crippen LogP contribution in [0.1, 0.15) is 34.8 Å². The molecular formula is C24H26N2O4S. The second-order valence-corrected chi connectivity index (χ2v) is 8.96. The van der Waals surface area contributed by atoms with E-state index in [1.165, 1.54) is 12.1 Å². The molecule has 0 aliphatic heterocycles. The summed E-state index contributed by atoms with van der Waals surface area (Å²) in [6.07, 6.45) is 0.879. The normalized spacial score (nSPS) is 11.1. The van der Waals surface area contributed by atoms with Crippen molar-refractivity contribution in [2.24, 2.45) is 0 Å². The summed E-state index contributed by atoms with van der Waals surface area (Å²) < 4.78 is 33.6. The molecule has 3 aromatic carbocycles. The lowest BCUT2D eigenvalue weighted by molar-refractivity contribution is 0.102. The van der Waals surface area contributed by atoms with E-state index in [-0.39, 0.29) is 10.8 Å². The average Bonchev–Trinajstić information content (AvgIpc) is 2.75. The zero-order valence-corrected chi connectivity index (χ0v) is 18.6. The van der Waals surface area contributed by atoms with Crippen molar-refractivity contribution in [1.29, 1.82) is 0 Å². The van der Waals surface area contributed by atoms with E-state index >= 15 is 0 Å². The maximum absolute atomic E-state index is 12.7. The van der Waals surface area contributed by atoms with E-state index in [4.69, 9.17) is 4.74 Å². The Morgan fingerprint density at radius 2 is 1.71 bits per heavy atom. The van der Waals surface area contributed by atoms with Crippen LogP contribution in [0.5, 0.6) is 5.75 Å². The summed E-state index contributed by atoms with van der Waals surface area (Å²) in [5.41, 5.74) is 3.39. The Bertz CT molecular complexity index is 1170. The predicted octanol–water partition coefficient (Wildman–Crippen LogP) is 5.15. The van der Waals surface area contributed by atoms with Crippen molar-refractivity contribution in [2.45, 2.75) is 32.1 Å². The Kier molecular flexibility index (Phi) is 6.97. The van der Waals surface area contributed by atoms with Gasteiger partial charge in [-0.15, -0.1) is 0 Å². The predicted molar refractivity (Wildman–Crippen MR) is 123 cm³/mol. The molecule has 0 aromatic heterocycles. The molecule has 0 atom stereocenters. The fourth-order valence-electron chi connectivity index (χ4n) is 3.00. The van der Waals surface area contributed by atoms with Gasteiger partial charge in [0.2, 0.25) is 0 Å². The summed E-state index contributed by atoms with van der Waals surface area (Å²) in [4.78, 5) is 12.6. The molecule has 0 saturated heterocycles. The Labute approximate surface area is 183 Å². The monoisotopic (exact) mass is 438 g/mol. The molecule has 6 nitrogen and oxygen atoms in total. The van der Waals surface area contributed by atoms with Crippen molar-refractivity contribution in [3.05, 3.63) is 83.4 Å². The highest BCUT2D eigenvalue weighted by Crippen LogP contribution is 2.22. The van der Waals surface area contributed by atoms with E-state index < -0.39 is 10.0 Å². The van der Waals surface area contributed by atoms with Gasteiger partial charge in [-0.05, 0) is 74.4 Å². The standard InChI is InChI=1S/C24H26N2O4S/c1-4-14-30-21-7-5-6-19(16-21)24(27)25-20-9-11-22(12-10-20)31(28,29)26-23-13-8-17(2)15-18(23)3/h5-13,15-16,26H,4,14H2,1-3H3,(H,25,27). The van der Waals surface area contributed by atoms with Crippen LogP contribution in [-0.4, -0.2) is 20.9 Å². The van der Waals surface area contributed by atoms with Crippen LogP contribution in [0.4, 0.5) is 11.4 Å². The van der Waals surface area contributed by atoms with Crippen molar-refractivity contribution >= 4 is 27.3 Å². The zero-order valence-electron chi connectivity index (χ0n) is 17.8. The van der Waals surface area contributed by atoms with Gasteiger partial charge < -0.3 is 10.1 Å². The maximum atomic E-state index is 12.7. The third-order valence-electron chi connectivity index (χ3n) is 4.62. The number of carbonyl (C=O) groups excluding carboxylic acids is 1. The zero-order chi connectivity index (χ0) is 22.4. The van der Waals surface area contributed by atoms with Gasteiger partial charge in [-0.1, -0.05) is 30.7 Å². The minimum atomic E-state index is -3.74. The first-order valence-corrected chi connectivity index (χ1v) is 11.5. The lowest BCUT2D eigenvalue weighted by Gasteiger charge is -2.12. The highest BCUT2D eigenvalue weighted by atomic mass is 32.2. The fraction of sp³-hybridized carbons (Fsp3) is 0.208. The molecule has 7 heteroatoms. The van der Waals surface area contributed by atoms with E-state index in [1.807, 2.05) is 32.9 Å². The van der Waals surface area contributed by atoms with Crippen molar-refractivity contribution in [3.63, 3.8) is 0 Å². The number of ether oxygens (including phenoxy) is 1. The second-order valence-electron chi connectivity index (χ2n) is 7.28. The second kappa shape index (κ2) is 9.66. The highest BCUT2D eigenvalue weighted by molar-refractivity contribution is 7.92. The Hall–Kier alpha value is -3.32. The molecule has 0 aliphatic carbocycles. The summed E-state index contributed by atoms with van der Waals surface area (Å²) in [5, 5.41) is 2.78. The number of amides is 1. The van der Waals surface area contributed by atoms with Crippen LogP contribution in [0.25, 0.3) is 0 Å². The summed E-state index contributed by atoms with van der Waals surface area (Å²) in [7, 11) is -3.74. The molecule has 3 rings (SSSR count). The Balaban J connectivity index is 1.70. The van der Waals surface area contributed by atoms with Crippen molar-refractivity contribution in [1.82, 2.24) is 0 Å². The third-order valence-corrected chi connectivity index (χ3v) is 6.00. The van der Waals surface area contributed by atoms with E-state index in [9.17, 15) is 13.2 Å². The molecular weight excluding hydrogens is 412 g/mol. The van der Waals surface area contributed by atoms with Crippen molar-refractivity contribution in [3.8, 4) is 5.75 Å².